The first kappa shape index (κ1) is 18.7. The van der Waals surface area contributed by atoms with Crippen molar-refractivity contribution in [3.63, 3.8) is 0 Å². The fourth-order valence-corrected chi connectivity index (χ4v) is 3.00. The van der Waals surface area contributed by atoms with Crippen molar-refractivity contribution in [1.82, 2.24) is 15.1 Å². The molecule has 140 valence electrons. The Balaban J connectivity index is 1.89. The van der Waals surface area contributed by atoms with Crippen LogP contribution in [-0.2, 0) is 0 Å². The minimum absolute atomic E-state index is 0.0598. The van der Waals surface area contributed by atoms with Gasteiger partial charge in [0.2, 0.25) is 0 Å². The van der Waals surface area contributed by atoms with Gasteiger partial charge < -0.3 is 5.32 Å². The molecule has 1 N–H and O–H groups in total. The molecule has 0 radical (unpaired) electrons. The Hall–Kier alpha value is -3.09. The van der Waals surface area contributed by atoms with Crippen LogP contribution in [0.1, 0.15) is 40.3 Å². The summed E-state index contributed by atoms with van der Waals surface area (Å²) in [5.41, 5.74) is 2.04. The van der Waals surface area contributed by atoms with Gasteiger partial charge in [-0.2, -0.15) is 5.10 Å². The number of aromatic nitrogens is 2. The van der Waals surface area contributed by atoms with Gasteiger partial charge in [0.05, 0.1) is 28.7 Å². The van der Waals surface area contributed by atoms with Crippen molar-refractivity contribution >= 4 is 5.91 Å². The Morgan fingerprint density at radius 3 is 2.33 bits per heavy atom. The van der Waals surface area contributed by atoms with Crippen LogP contribution < -0.4 is 5.32 Å². The summed E-state index contributed by atoms with van der Waals surface area (Å²) in [4.78, 5) is 12.7. The zero-order valence-corrected chi connectivity index (χ0v) is 15.1. The summed E-state index contributed by atoms with van der Waals surface area (Å²) >= 11 is 0. The van der Waals surface area contributed by atoms with Crippen molar-refractivity contribution in [2.75, 3.05) is 0 Å². The van der Waals surface area contributed by atoms with Crippen LogP contribution >= 0.6 is 0 Å². The van der Waals surface area contributed by atoms with Crippen molar-refractivity contribution in [2.24, 2.45) is 0 Å². The first-order chi connectivity index (χ1) is 12.8. The molecule has 3 aromatic rings. The fourth-order valence-electron chi connectivity index (χ4n) is 3.00. The highest BCUT2D eigenvalue weighted by molar-refractivity contribution is 5.96. The SMILES string of the molecule is Cc1nn(-c2ccc(F)cc2)c(C)c1C(=O)NC(C)c1cc(F)ccc1F. The third-order valence-electron chi connectivity index (χ3n) is 4.36. The molecule has 0 saturated heterocycles. The van der Waals surface area contributed by atoms with E-state index in [2.05, 4.69) is 10.4 Å². The largest absolute Gasteiger partial charge is 0.345 e. The quantitative estimate of drug-likeness (QED) is 0.737. The molecule has 0 aliphatic rings. The number of carbonyl (C=O) groups is 1. The standard InChI is InChI=1S/C20H18F3N3O/c1-11(17-10-15(22)6-9-18(17)23)24-20(27)19-12(2)25-26(13(19)3)16-7-4-14(21)5-8-16/h4-11H,1-3H3,(H,24,27). The predicted octanol–water partition coefficient (Wildman–Crippen LogP) is 4.40. The summed E-state index contributed by atoms with van der Waals surface area (Å²) < 4.78 is 42.0. The van der Waals surface area contributed by atoms with E-state index in [1.54, 1.807) is 32.9 Å². The highest BCUT2D eigenvalue weighted by Gasteiger charge is 2.22. The van der Waals surface area contributed by atoms with Gasteiger partial charge in [0.1, 0.15) is 17.5 Å². The zero-order valence-electron chi connectivity index (χ0n) is 15.1. The lowest BCUT2D eigenvalue weighted by Gasteiger charge is -2.15. The van der Waals surface area contributed by atoms with Crippen LogP contribution in [0.15, 0.2) is 42.5 Å². The summed E-state index contributed by atoms with van der Waals surface area (Å²) in [6.07, 6.45) is 0. The van der Waals surface area contributed by atoms with E-state index in [0.29, 0.717) is 22.6 Å². The van der Waals surface area contributed by atoms with Crippen molar-refractivity contribution in [1.29, 1.82) is 0 Å². The van der Waals surface area contributed by atoms with Crippen molar-refractivity contribution in [3.05, 3.63) is 82.4 Å². The van der Waals surface area contributed by atoms with Gasteiger partial charge in [0.15, 0.2) is 0 Å². The van der Waals surface area contributed by atoms with Gasteiger partial charge in [0.25, 0.3) is 5.91 Å². The molecule has 0 aliphatic carbocycles. The van der Waals surface area contributed by atoms with Gasteiger partial charge in [-0.15, -0.1) is 0 Å². The molecule has 0 bridgehead atoms. The van der Waals surface area contributed by atoms with Gasteiger partial charge in [0, 0.05) is 5.56 Å². The topological polar surface area (TPSA) is 46.9 Å². The summed E-state index contributed by atoms with van der Waals surface area (Å²) in [6, 6.07) is 8.09. The van der Waals surface area contributed by atoms with Crippen LogP contribution in [0.4, 0.5) is 13.2 Å². The molecule has 1 amide bonds. The average Bonchev–Trinajstić information content (AvgIpc) is 2.92. The summed E-state index contributed by atoms with van der Waals surface area (Å²) in [6.45, 7) is 4.96. The number of nitrogens with zero attached hydrogens (tertiary/aromatic N) is 2. The molecule has 1 heterocycles. The highest BCUT2D eigenvalue weighted by atomic mass is 19.1. The maximum absolute atomic E-state index is 13.9. The Morgan fingerprint density at radius 1 is 1.04 bits per heavy atom. The summed E-state index contributed by atoms with van der Waals surface area (Å²) in [7, 11) is 0. The number of rotatable bonds is 4. The molecule has 4 nitrogen and oxygen atoms in total. The normalized spacial score (nSPS) is 12.1. The maximum atomic E-state index is 13.9. The summed E-state index contributed by atoms with van der Waals surface area (Å²) in [5.74, 6) is -2.00. The molecule has 0 aliphatic heterocycles. The monoisotopic (exact) mass is 373 g/mol. The maximum Gasteiger partial charge on any atom is 0.255 e. The zero-order chi connectivity index (χ0) is 19.7. The second-order valence-corrected chi connectivity index (χ2v) is 6.30. The van der Waals surface area contributed by atoms with Crippen LogP contribution in [0.2, 0.25) is 0 Å². The number of hydrogen-bond donors (Lipinski definition) is 1. The molecule has 0 fully saturated rings. The van der Waals surface area contributed by atoms with E-state index in [9.17, 15) is 18.0 Å². The van der Waals surface area contributed by atoms with Crippen molar-refractivity contribution in [2.45, 2.75) is 26.8 Å². The van der Waals surface area contributed by atoms with Gasteiger partial charge in [-0.25, -0.2) is 17.9 Å². The molecule has 27 heavy (non-hydrogen) atoms. The Morgan fingerprint density at radius 2 is 1.67 bits per heavy atom. The van der Waals surface area contributed by atoms with Crippen LogP contribution in [0, 0.1) is 31.3 Å². The molecule has 1 atom stereocenters. The minimum Gasteiger partial charge on any atom is -0.345 e. The second-order valence-electron chi connectivity index (χ2n) is 6.30. The molecule has 0 spiro atoms. The van der Waals surface area contributed by atoms with E-state index in [0.717, 1.165) is 18.2 Å². The number of aryl methyl sites for hydroxylation is 1. The molecule has 1 aromatic heterocycles. The van der Waals surface area contributed by atoms with Crippen LogP contribution in [0.3, 0.4) is 0 Å². The average molecular weight is 373 g/mol. The van der Waals surface area contributed by atoms with E-state index in [4.69, 9.17) is 0 Å². The van der Waals surface area contributed by atoms with E-state index in [1.165, 1.54) is 16.8 Å². The number of carbonyl (C=O) groups excluding carboxylic acids is 1. The van der Waals surface area contributed by atoms with Crippen LogP contribution in [-0.4, -0.2) is 15.7 Å². The predicted molar refractivity (Wildman–Crippen MR) is 95.2 cm³/mol. The first-order valence-corrected chi connectivity index (χ1v) is 8.36. The molecular weight excluding hydrogens is 355 g/mol. The lowest BCUT2D eigenvalue weighted by molar-refractivity contribution is 0.0938. The van der Waals surface area contributed by atoms with E-state index in [1.807, 2.05) is 0 Å². The lowest BCUT2D eigenvalue weighted by atomic mass is 10.1. The van der Waals surface area contributed by atoms with Crippen LogP contribution in [0.25, 0.3) is 5.69 Å². The van der Waals surface area contributed by atoms with Crippen molar-refractivity contribution in [3.8, 4) is 5.69 Å². The van der Waals surface area contributed by atoms with Crippen LogP contribution in [0.5, 0.6) is 0 Å². The van der Waals surface area contributed by atoms with Gasteiger partial charge in [-0.05, 0) is 63.2 Å². The molecule has 1 unspecified atom stereocenters. The number of benzene rings is 2. The van der Waals surface area contributed by atoms with E-state index < -0.39 is 23.6 Å². The summed E-state index contributed by atoms with van der Waals surface area (Å²) in [5, 5.41) is 7.02. The fraction of sp³-hybridized carbons (Fsp3) is 0.200. The highest BCUT2D eigenvalue weighted by Crippen LogP contribution is 2.22. The third kappa shape index (κ3) is 3.72. The lowest BCUT2D eigenvalue weighted by Crippen LogP contribution is -2.28. The second kappa shape index (κ2) is 7.26. The minimum atomic E-state index is -0.735. The van der Waals surface area contributed by atoms with Gasteiger partial charge >= 0.3 is 0 Å². The third-order valence-corrected chi connectivity index (χ3v) is 4.36. The van der Waals surface area contributed by atoms with Gasteiger partial charge in [-0.3, -0.25) is 4.79 Å². The Labute approximate surface area is 154 Å². The van der Waals surface area contributed by atoms with Gasteiger partial charge in [-0.1, -0.05) is 0 Å². The van der Waals surface area contributed by atoms with E-state index >= 15 is 0 Å². The Bertz CT molecular complexity index is 996. The number of amides is 1. The van der Waals surface area contributed by atoms with E-state index in [-0.39, 0.29) is 11.4 Å². The first-order valence-electron chi connectivity index (χ1n) is 8.36. The Kier molecular flexibility index (Phi) is 5.03. The number of halogens is 3. The van der Waals surface area contributed by atoms with Crippen molar-refractivity contribution < 1.29 is 18.0 Å². The molecule has 7 heteroatoms. The number of hydrogen-bond acceptors (Lipinski definition) is 2. The smallest absolute Gasteiger partial charge is 0.255 e. The molecule has 2 aromatic carbocycles. The number of nitrogens with one attached hydrogen (secondary N) is 1. The molecular formula is C20H18F3N3O. The molecule has 0 saturated carbocycles. The molecule has 3 rings (SSSR count).